The summed E-state index contributed by atoms with van der Waals surface area (Å²) < 4.78 is 0. The highest BCUT2D eigenvalue weighted by Gasteiger charge is 2.14. The number of para-hydroxylation sites is 1. The SMILES string of the molecule is Oc1nc(-c2cccnc2)[nH]c1/C=C1\C=Nc2ccccc21. The molecule has 3 aromatic rings. The van der Waals surface area contributed by atoms with Gasteiger partial charge in [0, 0.05) is 35.3 Å². The molecular weight excluding hydrogens is 276 g/mol. The van der Waals surface area contributed by atoms with E-state index in [1.165, 1.54) is 0 Å². The van der Waals surface area contributed by atoms with Crippen LogP contribution in [0.1, 0.15) is 11.3 Å². The Labute approximate surface area is 126 Å². The van der Waals surface area contributed by atoms with Crippen LogP contribution in [-0.4, -0.2) is 26.3 Å². The Morgan fingerprint density at radius 2 is 2.00 bits per heavy atom. The number of aromatic hydroxyl groups is 1. The van der Waals surface area contributed by atoms with Gasteiger partial charge in [-0.25, -0.2) is 0 Å². The second-order valence-electron chi connectivity index (χ2n) is 4.94. The number of aromatic nitrogens is 3. The zero-order valence-electron chi connectivity index (χ0n) is 11.6. The molecular formula is C17H12N4O. The molecule has 4 rings (SSSR count). The Morgan fingerprint density at radius 3 is 2.86 bits per heavy atom. The lowest BCUT2D eigenvalue weighted by Gasteiger charge is -1.98. The third kappa shape index (κ3) is 2.09. The molecule has 1 aromatic carbocycles. The van der Waals surface area contributed by atoms with E-state index in [1.807, 2.05) is 42.5 Å². The summed E-state index contributed by atoms with van der Waals surface area (Å²) >= 11 is 0. The maximum absolute atomic E-state index is 10.0. The fraction of sp³-hybridized carbons (Fsp3) is 0. The molecule has 0 amide bonds. The van der Waals surface area contributed by atoms with E-state index >= 15 is 0 Å². The van der Waals surface area contributed by atoms with Crippen LogP contribution < -0.4 is 0 Å². The normalized spacial score (nSPS) is 14.5. The topological polar surface area (TPSA) is 74.2 Å². The number of H-pyrrole nitrogens is 1. The molecule has 22 heavy (non-hydrogen) atoms. The van der Waals surface area contributed by atoms with E-state index in [0.717, 1.165) is 22.4 Å². The van der Waals surface area contributed by atoms with Gasteiger partial charge in [0.15, 0.2) is 0 Å². The fourth-order valence-electron chi connectivity index (χ4n) is 2.43. The predicted octanol–water partition coefficient (Wildman–Crippen LogP) is 3.43. The van der Waals surface area contributed by atoms with Crippen LogP contribution >= 0.6 is 0 Å². The van der Waals surface area contributed by atoms with Crippen LogP contribution in [0, 0.1) is 0 Å². The number of hydrogen-bond acceptors (Lipinski definition) is 4. The van der Waals surface area contributed by atoms with Gasteiger partial charge < -0.3 is 10.1 Å². The highest BCUT2D eigenvalue weighted by atomic mass is 16.3. The largest absolute Gasteiger partial charge is 0.492 e. The van der Waals surface area contributed by atoms with Gasteiger partial charge in [0.1, 0.15) is 11.5 Å². The molecule has 0 radical (unpaired) electrons. The number of hydrogen-bond donors (Lipinski definition) is 2. The summed E-state index contributed by atoms with van der Waals surface area (Å²) in [5.41, 5.74) is 4.28. The van der Waals surface area contributed by atoms with Crippen LogP contribution in [0.2, 0.25) is 0 Å². The van der Waals surface area contributed by atoms with Gasteiger partial charge in [0.25, 0.3) is 0 Å². The van der Waals surface area contributed by atoms with Crippen LogP contribution in [0.3, 0.4) is 0 Å². The van der Waals surface area contributed by atoms with Crippen molar-refractivity contribution in [1.82, 2.24) is 15.0 Å². The van der Waals surface area contributed by atoms with Gasteiger partial charge in [-0.3, -0.25) is 9.98 Å². The quantitative estimate of drug-likeness (QED) is 0.758. The number of aromatic amines is 1. The molecule has 2 aromatic heterocycles. The Hall–Kier alpha value is -3.21. The van der Waals surface area contributed by atoms with Crippen molar-refractivity contribution in [3.05, 3.63) is 60.0 Å². The highest BCUT2D eigenvalue weighted by molar-refractivity contribution is 6.21. The lowest BCUT2D eigenvalue weighted by atomic mass is 10.1. The minimum Gasteiger partial charge on any atom is -0.492 e. The smallest absolute Gasteiger partial charge is 0.237 e. The molecule has 5 heteroatoms. The minimum absolute atomic E-state index is 0.0378. The van der Waals surface area contributed by atoms with Gasteiger partial charge in [-0.05, 0) is 24.3 Å². The molecule has 0 fully saturated rings. The Morgan fingerprint density at radius 1 is 1.09 bits per heavy atom. The Bertz CT molecular complexity index is 894. The lowest BCUT2D eigenvalue weighted by molar-refractivity contribution is 0.455. The van der Waals surface area contributed by atoms with Crippen LogP contribution in [0.4, 0.5) is 5.69 Å². The van der Waals surface area contributed by atoms with Crippen molar-refractivity contribution < 1.29 is 5.11 Å². The van der Waals surface area contributed by atoms with Crippen molar-refractivity contribution >= 4 is 23.6 Å². The fourth-order valence-corrected chi connectivity index (χ4v) is 2.43. The molecule has 0 bridgehead atoms. The van der Waals surface area contributed by atoms with E-state index in [4.69, 9.17) is 0 Å². The summed E-state index contributed by atoms with van der Waals surface area (Å²) in [7, 11) is 0. The molecule has 106 valence electrons. The molecule has 0 saturated heterocycles. The van der Waals surface area contributed by atoms with Crippen LogP contribution in [0.5, 0.6) is 5.88 Å². The first kappa shape index (κ1) is 12.5. The highest BCUT2D eigenvalue weighted by Crippen LogP contribution is 2.33. The number of imidazole rings is 1. The van der Waals surface area contributed by atoms with Crippen LogP contribution in [0.25, 0.3) is 23.0 Å². The molecule has 0 atom stereocenters. The predicted molar refractivity (Wildman–Crippen MR) is 85.9 cm³/mol. The van der Waals surface area contributed by atoms with E-state index in [0.29, 0.717) is 11.5 Å². The van der Waals surface area contributed by atoms with Gasteiger partial charge >= 0.3 is 0 Å². The van der Waals surface area contributed by atoms with Crippen molar-refractivity contribution in [2.45, 2.75) is 0 Å². The van der Waals surface area contributed by atoms with E-state index in [-0.39, 0.29) is 5.88 Å². The number of benzene rings is 1. The maximum atomic E-state index is 10.0. The summed E-state index contributed by atoms with van der Waals surface area (Å²) in [5, 5.41) is 10.0. The second-order valence-corrected chi connectivity index (χ2v) is 4.94. The van der Waals surface area contributed by atoms with Gasteiger partial charge in [0.2, 0.25) is 5.88 Å². The summed E-state index contributed by atoms with van der Waals surface area (Å²) in [4.78, 5) is 15.7. The van der Waals surface area contributed by atoms with Crippen molar-refractivity contribution in [3.8, 4) is 17.3 Å². The van der Waals surface area contributed by atoms with E-state index in [2.05, 4.69) is 19.9 Å². The molecule has 0 spiro atoms. The average molecular weight is 288 g/mol. The van der Waals surface area contributed by atoms with Crippen molar-refractivity contribution in [1.29, 1.82) is 0 Å². The number of allylic oxidation sites excluding steroid dienone is 1. The van der Waals surface area contributed by atoms with Gasteiger partial charge in [-0.15, -0.1) is 0 Å². The molecule has 0 saturated carbocycles. The van der Waals surface area contributed by atoms with E-state index < -0.39 is 0 Å². The molecule has 3 heterocycles. The first-order valence-electron chi connectivity index (χ1n) is 6.86. The van der Waals surface area contributed by atoms with E-state index in [1.54, 1.807) is 18.6 Å². The number of nitrogens with one attached hydrogen (secondary N) is 1. The number of nitrogens with zero attached hydrogens (tertiary/aromatic N) is 3. The first-order valence-corrected chi connectivity index (χ1v) is 6.86. The summed E-state index contributed by atoms with van der Waals surface area (Å²) in [5.74, 6) is 0.546. The summed E-state index contributed by atoms with van der Waals surface area (Å²) in [6.45, 7) is 0. The minimum atomic E-state index is -0.0378. The van der Waals surface area contributed by atoms with Crippen molar-refractivity contribution in [2.24, 2.45) is 4.99 Å². The number of fused-ring (bicyclic) bond motifs is 1. The third-order valence-corrected chi connectivity index (χ3v) is 3.50. The first-order chi connectivity index (χ1) is 10.8. The third-order valence-electron chi connectivity index (χ3n) is 3.50. The zero-order chi connectivity index (χ0) is 14.9. The van der Waals surface area contributed by atoms with E-state index in [9.17, 15) is 5.11 Å². The van der Waals surface area contributed by atoms with Crippen LogP contribution in [-0.2, 0) is 0 Å². The molecule has 1 aliphatic heterocycles. The standard InChI is InChI=1S/C17H12N4O/c22-17-15(20-16(21-17)11-4-3-7-18-9-11)8-12-10-19-14-6-2-1-5-13(12)14/h1-10,22H,(H,20,21)/b12-8+. The molecule has 0 unspecified atom stereocenters. The number of aliphatic imine (C=N–C) groups is 1. The summed E-state index contributed by atoms with van der Waals surface area (Å²) in [6.07, 6.45) is 7.02. The molecule has 5 nitrogen and oxygen atoms in total. The Balaban J connectivity index is 1.75. The lowest BCUT2D eigenvalue weighted by Crippen LogP contribution is -1.83. The molecule has 0 aliphatic carbocycles. The molecule has 1 aliphatic rings. The summed E-state index contributed by atoms with van der Waals surface area (Å²) in [6, 6.07) is 11.6. The van der Waals surface area contributed by atoms with Gasteiger partial charge in [0.05, 0.1) is 5.69 Å². The Kier molecular flexibility index (Phi) is 2.83. The monoisotopic (exact) mass is 288 g/mol. The van der Waals surface area contributed by atoms with Gasteiger partial charge in [-0.1, -0.05) is 18.2 Å². The second kappa shape index (κ2) is 4.96. The van der Waals surface area contributed by atoms with Crippen molar-refractivity contribution in [2.75, 3.05) is 0 Å². The van der Waals surface area contributed by atoms with Crippen molar-refractivity contribution in [3.63, 3.8) is 0 Å². The maximum Gasteiger partial charge on any atom is 0.237 e. The average Bonchev–Trinajstić information content (AvgIpc) is 3.13. The number of pyridine rings is 1. The molecule has 2 N–H and O–H groups in total. The zero-order valence-corrected chi connectivity index (χ0v) is 11.6. The number of rotatable bonds is 2. The van der Waals surface area contributed by atoms with Gasteiger partial charge in [-0.2, -0.15) is 4.98 Å². The van der Waals surface area contributed by atoms with Crippen LogP contribution in [0.15, 0.2) is 53.8 Å².